The molecule has 8 rings (SSSR count). The molecule has 0 aliphatic heterocycles. The molecule has 0 saturated carbocycles. The summed E-state index contributed by atoms with van der Waals surface area (Å²) < 4.78 is 0. The van der Waals surface area contributed by atoms with Gasteiger partial charge in [-0.1, -0.05) is 155 Å². The smallest absolute Gasteiger partial charge is 0.0179 e. The normalized spacial score (nSPS) is 23.3. The van der Waals surface area contributed by atoms with Crippen LogP contribution in [0.1, 0.15) is 116 Å². The van der Waals surface area contributed by atoms with Crippen LogP contribution in [-0.2, 0) is 11.8 Å². The number of hydrogen-bond donors (Lipinski definition) is 0. The molecule has 4 aromatic carbocycles. The van der Waals surface area contributed by atoms with Crippen molar-refractivity contribution in [3.63, 3.8) is 0 Å². The van der Waals surface area contributed by atoms with Gasteiger partial charge in [-0.25, -0.2) is 0 Å². The summed E-state index contributed by atoms with van der Waals surface area (Å²) in [5, 5.41) is 0. The predicted molar refractivity (Wildman–Crippen MR) is 187 cm³/mol. The van der Waals surface area contributed by atoms with Gasteiger partial charge >= 0.3 is 0 Å². The highest BCUT2D eigenvalue weighted by molar-refractivity contribution is 5.78. The fourth-order valence-corrected chi connectivity index (χ4v) is 7.68. The Bertz CT molecular complexity index is 1660. The number of rotatable bonds is 4. The van der Waals surface area contributed by atoms with Gasteiger partial charge in [-0.05, 0) is 94.0 Å². The van der Waals surface area contributed by atoms with Gasteiger partial charge < -0.3 is 0 Å². The van der Waals surface area contributed by atoms with Gasteiger partial charge in [0.1, 0.15) is 0 Å². The first-order valence-electron chi connectivity index (χ1n) is 16.5. The van der Waals surface area contributed by atoms with Gasteiger partial charge in [0.25, 0.3) is 0 Å². The van der Waals surface area contributed by atoms with Crippen molar-refractivity contribution in [3.8, 4) is 0 Å². The van der Waals surface area contributed by atoms with E-state index in [1.807, 2.05) is 0 Å². The SMILES string of the molecule is CC1C=Cc2ccccc21.CCC1(CC2=CC(C)c3ccccc32)C=Cc2ccccc21.CCC1CCc2ccccc21. The van der Waals surface area contributed by atoms with E-state index in [2.05, 4.69) is 155 Å². The number of hydrogen-bond acceptors (Lipinski definition) is 0. The number of allylic oxidation sites excluding steroid dienone is 4. The Balaban J connectivity index is 0.000000130. The Morgan fingerprint density at radius 3 is 2.12 bits per heavy atom. The van der Waals surface area contributed by atoms with Crippen LogP contribution in [0.2, 0.25) is 0 Å². The van der Waals surface area contributed by atoms with Crippen molar-refractivity contribution < 1.29 is 0 Å². The molecule has 43 heavy (non-hydrogen) atoms. The lowest BCUT2D eigenvalue weighted by Crippen LogP contribution is -2.21. The van der Waals surface area contributed by atoms with Gasteiger partial charge in [0.15, 0.2) is 0 Å². The van der Waals surface area contributed by atoms with E-state index in [-0.39, 0.29) is 5.41 Å². The molecule has 0 heterocycles. The maximum absolute atomic E-state index is 2.47. The average molecular weight is 563 g/mol. The zero-order chi connectivity index (χ0) is 29.8. The van der Waals surface area contributed by atoms with Crippen LogP contribution in [0.15, 0.2) is 115 Å². The van der Waals surface area contributed by atoms with Crippen molar-refractivity contribution in [2.24, 2.45) is 0 Å². The second-order valence-electron chi connectivity index (χ2n) is 12.8. The van der Waals surface area contributed by atoms with E-state index in [0.29, 0.717) is 11.8 Å². The first kappa shape index (κ1) is 29.2. The van der Waals surface area contributed by atoms with Gasteiger partial charge in [-0.3, -0.25) is 0 Å². The lowest BCUT2D eigenvalue weighted by molar-refractivity contribution is 0.539. The topological polar surface area (TPSA) is 0 Å². The molecular weight excluding hydrogens is 516 g/mol. The summed E-state index contributed by atoms with van der Waals surface area (Å²) in [5.41, 5.74) is 13.6. The summed E-state index contributed by atoms with van der Waals surface area (Å²) in [6.45, 7) is 9.13. The second-order valence-corrected chi connectivity index (χ2v) is 12.8. The van der Waals surface area contributed by atoms with E-state index < -0.39 is 0 Å². The standard InChI is InChI=1S/C22H22.C11H14.C10H10/c1-3-22(13-12-17-8-4-7-11-21(17)22)15-18-14-16(2)19-9-5-6-10-20(18)19;1-2-9-7-8-10-5-3-4-6-11(9)10;1-8-6-7-9-4-2-3-5-10(8)9/h4-14,16H,3,15H2,1-2H3;3-6,9H,2,7-8H2,1H3;2-8H,1H3. The van der Waals surface area contributed by atoms with Crippen molar-refractivity contribution in [3.05, 3.63) is 160 Å². The quantitative estimate of drug-likeness (QED) is 0.232. The summed E-state index contributed by atoms with van der Waals surface area (Å²) in [5.74, 6) is 2.02. The largest absolute Gasteiger partial charge is 0.0767 e. The average Bonchev–Trinajstić information content (AvgIpc) is 3.83. The summed E-state index contributed by atoms with van der Waals surface area (Å²) in [6.07, 6.45) is 17.9. The van der Waals surface area contributed by atoms with Crippen molar-refractivity contribution in [2.45, 2.75) is 83.0 Å². The molecule has 4 aromatic rings. The van der Waals surface area contributed by atoms with E-state index in [4.69, 9.17) is 0 Å². The van der Waals surface area contributed by atoms with Crippen LogP contribution >= 0.6 is 0 Å². The first-order chi connectivity index (χ1) is 21.0. The van der Waals surface area contributed by atoms with E-state index in [1.165, 1.54) is 58.2 Å². The van der Waals surface area contributed by atoms with E-state index in [1.54, 1.807) is 11.1 Å². The van der Waals surface area contributed by atoms with Gasteiger partial charge in [0.2, 0.25) is 0 Å². The van der Waals surface area contributed by atoms with Crippen molar-refractivity contribution >= 4 is 17.7 Å². The fraction of sp³-hybridized carbons (Fsp3) is 0.302. The minimum atomic E-state index is 0.166. The molecule has 0 amide bonds. The molecule has 218 valence electrons. The molecule has 0 N–H and O–H groups in total. The molecule has 4 aliphatic rings. The Morgan fingerprint density at radius 2 is 1.35 bits per heavy atom. The Morgan fingerprint density at radius 1 is 0.674 bits per heavy atom. The highest BCUT2D eigenvalue weighted by Gasteiger charge is 2.35. The van der Waals surface area contributed by atoms with Gasteiger partial charge in [0, 0.05) is 11.3 Å². The van der Waals surface area contributed by atoms with E-state index >= 15 is 0 Å². The zero-order valence-corrected chi connectivity index (χ0v) is 26.4. The molecule has 0 aromatic heterocycles. The Labute approximate surface area is 259 Å². The first-order valence-corrected chi connectivity index (χ1v) is 16.5. The molecule has 0 heteroatoms. The van der Waals surface area contributed by atoms with Crippen LogP contribution in [0.5, 0.6) is 0 Å². The Hall–Kier alpha value is -3.90. The molecule has 0 spiro atoms. The summed E-state index contributed by atoms with van der Waals surface area (Å²) in [6, 6.07) is 35.2. The molecule has 0 radical (unpaired) electrons. The van der Waals surface area contributed by atoms with Gasteiger partial charge in [-0.2, -0.15) is 0 Å². The van der Waals surface area contributed by atoms with Crippen LogP contribution in [0.3, 0.4) is 0 Å². The van der Waals surface area contributed by atoms with Crippen LogP contribution < -0.4 is 0 Å². The summed E-state index contributed by atoms with van der Waals surface area (Å²) in [7, 11) is 0. The zero-order valence-electron chi connectivity index (χ0n) is 26.4. The fourth-order valence-electron chi connectivity index (χ4n) is 7.68. The molecule has 4 aliphatic carbocycles. The van der Waals surface area contributed by atoms with E-state index in [9.17, 15) is 0 Å². The van der Waals surface area contributed by atoms with E-state index in [0.717, 1.165) is 18.8 Å². The maximum Gasteiger partial charge on any atom is 0.0179 e. The van der Waals surface area contributed by atoms with Crippen LogP contribution in [0.4, 0.5) is 0 Å². The molecule has 4 unspecified atom stereocenters. The van der Waals surface area contributed by atoms with Gasteiger partial charge in [-0.15, -0.1) is 0 Å². The predicted octanol–water partition coefficient (Wildman–Crippen LogP) is 11.9. The number of aryl methyl sites for hydroxylation is 1. The van der Waals surface area contributed by atoms with Crippen LogP contribution in [0.25, 0.3) is 17.7 Å². The summed E-state index contributed by atoms with van der Waals surface area (Å²) >= 11 is 0. The Kier molecular flexibility index (Phi) is 8.66. The third-order valence-corrected chi connectivity index (χ3v) is 10.3. The molecule has 0 bridgehead atoms. The lowest BCUT2D eigenvalue weighted by atomic mass is 9.74. The number of benzene rings is 4. The lowest BCUT2D eigenvalue weighted by Gasteiger charge is -2.29. The van der Waals surface area contributed by atoms with Crippen LogP contribution in [0, 0.1) is 0 Å². The van der Waals surface area contributed by atoms with Crippen LogP contribution in [-0.4, -0.2) is 0 Å². The molecule has 4 atom stereocenters. The summed E-state index contributed by atoms with van der Waals surface area (Å²) in [4.78, 5) is 0. The van der Waals surface area contributed by atoms with Gasteiger partial charge in [0.05, 0.1) is 0 Å². The highest BCUT2D eigenvalue weighted by atomic mass is 14.4. The molecular formula is C43H46. The third kappa shape index (κ3) is 5.85. The maximum atomic E-state index is 2.47. The van der Waals surface area contributed by atoms with Crippen molar-refractivity contribution in [1.82, 2.24) is 0 Å². The minimum absolute atomic E-state index is 0.166. The third-order valence-electron chi connectivity index (χ3n) is 10.3. The number of fused-ring (bicyclic) bond motifs is 4. The van der Waals surface area contributed by atoms with Crippen molar-refractivity contribution in [2.75, 3.05) is 0 Å². The second kappa shape index (κ2) is 12.8. The van der Waals surface area contributed by atoms with Crippen molar-refractivity contribution in [1.29, 1.82) is 0 Å². The monoisotopic (exact) mass is 562 g/mol. The molecule has 0 fully saturated rings. The molecule has 0 saturated heterocycles. The minimum Gasteiger partial charge on any atom is -0.0767 e. The molecule has 0 nitrogen and oxygen atoms in total. The highest BCUT2D eigenvalue weighted by Crippen LogP contribution is 2.48.